The molecule has 1 heterocycles. The topological polar surface area (TPSA) is 99.5 Å². The number of benzene rings is 3. The number of fused-ring (bicyclic) bond motifs is 1. The van der Waals surface area contributed by atoms with Gasteiger partial charge in [0, 0.05) is 24.8 Å². The maximum atomic E-state index is 13.5. The summed E-state index contributed by atoms with van der Waals surface area (Å²) in [5.74, 6) is 0.382. The first-order chi connectivity index (χ1) is 18.0. The van der Waals surface area contributed by atoms with Crippen LogP contribution in [0.1, 0.15) is 26.3 Å². The van der Waals surface area contributed by atoms with Crippen molar-refractivity contribution < 1.29 is 19.1 Å². The summed E-state index contributed by atoms with van der Waals surface area (Å²) in [6.45, 7) is 1.07. The van der Waals surface area contributed by atoms with Crippen LogP contribution in [0.15, 0.2) is 82.7 Å². The molecular formula is C28H27N3O5S. The lowest BCUT2D eigenvalue weighted by molar-refractivity contribution is 0.0936. The molecule has 0 aliphatic carbocycles. The molecule has 4 aromatic rings. The van der Waals surface area contributed by atoms with Crippen molar-refractivity contribution in [1.29, 1.82) is 0 Å². The minimum Gasteiger partial charge on any atom is -0.497 e. The largest absolute Gasteiger partial charge is 0.497 e. The monoisotopic (exact) mass is 517 g/mol. The van der Waals surface area contributed by atoms with Gasteiger partial charge in [-0.3, -0.25) is 19.0 Å². The van der Waals surface area contributed by atoms with Crippen molar-refractivity contribution in [2.24, 2.45) is 0 Å². The molecule has 0 saturated carbocycles. The Morgan fingerprint density at radius 1 is 0.973 bits per heavy atom. The Bertz CT molecular complexity index is 1450. The number of nitrogens with one attached hydrogen (secondary N) is 1. The van der Waals surface area contributed by atoms with Crippen molar-refractivity contribution in [2.75, 3.05) is 33.1 Å². The van der Waals surface area contributed by atoms with Gasteiger partial charge in [0.2, 0.25) is 0 Å². The molecule has 8 nitrogen and oxygen atoms in total. The van der Waals surface area contributed by atoms with Gasteiger partial charge in [0.05, 0.1) is 36.9 Å². The Morgan fingerprint density at radius 3 is 2.41 bits per heavy atom. The van der Waals surface area contributed by atoms with Gasteiger partial charge < -0.3 is 14.8 Å². The van der Waals surface area contributed by atoms with E-state index >= 15 is 0 Å². The SMILES string of the molecule is COCCNC(=O)c1ccc2c(=O)n(Cc3ccccc3)c(SCC(=O)c3ccc(OC)cc3)nc2c1. The van der Waals surface area contributed by atoms with Crippen molar-refractivity contribution in [3.63, 3.8) is 0 Å². The lowest BCUT2D eigenvalue weighted by atomic mass is 10.1. The standard InChI is InChI=1S/C28H27N3O5S/c1-35-15-14-29-26(33)21-10-13-23-24(16-21)30-28(31(27(23)34)17-19-6-4-3-5-7-19)37-18-25(32)20-8-11-22(36-2)12-9-20/h3-13,16H,14-15,17-18H2,1-2H3,(H,29,33). The van der Waals surface area contributed by atoms with Gasteiger partial charge in [-0.2, -0.15) is 0 Å². The minimum absolute atomic E-state index is 0.0935. The summed E-state index contributed by atoms with van der Waals surface area (Å²) < 4.78 is 11.7. The maximum Gasteiger partial charge on any atom is 0.262 e. The first kappa shape index (κ1) is 26.1. The van der Waals surface area contributed by atoms with Crippen LogP contribution < -0.4 is 15.6 Å². The van der Waals surface area contributed by atoms with Crippen LogP contribution in [0.3, 0.4) is 0 Å². The van der Waals surface area contributed by atoms with Crippen LogP contribution in [0.2, 0.25) is 0 Å². The molecule has 1 aromatic heterocycles. The zero-order chi connectivity index (χ0) is 26.2. The predicted octanol–water partition coefficient (Wildman–Crippen LogP) is 3.80. The Hall–Kier alpha value is -3.95. The highest BCUT2D eigenvalue weighted by Crippen LogP contribution is 2.22. The van der Waals surface area contributed by atoms with Crippen LogP contribution in [0, 0.1) is 0 Å². The average molecular weight is 518 g/mol. The fourth-order valence-electron chi connectivity index (χ4n) is 3.72. The van der Waals surface area contributed by atoms with E-state index in [0.717, 1.165) is 5.56 Å². The summed E-state index contributed by atoms with van der Waals surface area (Å²) in [4.78, 5) is 43.6. The van der Waals surface area contributed by atoms with E-state index in [1.807, 2.05) is 30.3 Å². The molecule has 0 unspecified atom stereocenters. The summed E-state index contributed by atoms with van der Waals surface area (Å²) in [7, 11) is 3.13. The summed E-state index contributed by atoms with van der Waals surface area (Å²) in [5, 5.41) is 3.57. The van der Waals surface area contributed by atoms with Crippen molar-refractivity contribution in [3.8, 4) is 5.75 Å². The Labute approximate surface area is 218 Å². The molecule has 1 amide bonds. The molecule has 0 fully saturated rings. The minimum atomic E-state index is -0.280. The lowest BCUT2D eigenvalue weighted by Gasteiger charge is -2.14. The van der Waals surface area contributed by atoms with Gasteiger partial charge in [0.25, 0.3) is 11.5 Å². The number of amides is 1. The third kappa shape index (κ3) is 6.44. The number of carbonyl (C=O) groups is 2. The number of rotatable bonds is 11. The van der Waals surface area contributed by atoms with Gasteiger partial charge in [-0.15, -0.1) is 0 Å². The van der Waals surface area contributed by atoms with E-state index in [-0.39, 0.29) is 23.0 Å². The first-order valence-electron chi connectivity index (χ1n) is 11.7. The molecule has 1 N–H and O–H groups in total. The van der Waals surface area contributed by atoms with Gasteiger partial charge in [0.15, 0.2) is 10.9 Å². The number of methoxy groups -OCH3 is 2. The van der Waals surface area contributed by atoms with Crippen molar-refractivity contribution in [2.45, 2.75) is 11.7 Å². The molecule has 9 heteroatoms. The number of thioether (sulfide) groups is 1. The third-order valence-corrected chi connectivity index (χ3v) is 6.68. The Morgan fingerprint density at radius 2 is 1.70 bits per heavy atom. The Balaban J connectivity index is 1.67. The van der Waals surface area contributed by atoms with Gasteiger partial charge >= 0.3 is 0 Å². The van der Waals surface area contributed by atoms with E-state index in [2.05, 4.69) is 5.32 Å². The second-order valence-electron chi connectivity index (χ2n) is 8.19. The van der Waals surface area contributed by atoms with Crippen LogP contribution in [0.4, 0.5) is 0 Å². The predicted molar refractivity (Wildman–Crippen MR) is 144 cm³/mol. The molecule has 3 aromatic carbocycles. The summed E-state index contributed by atoms with van der Waals surface area (Å²) in [6.07, 6.45) is 0. The summed E-state index contributed by atoms with van der Waals surface area (Å²) >= 11 is 1.19. The number of hydrogen-bond acceptors (Lipinski definition) is 7. The highest BCUT2D eigenvalue weighted by molar-refractivity contribution is 7.99. The van der Waals surface area contributed by atoms with E-state index in [1.165, 1.54) is 11.8 Å². The van der Waals surface area contributed by atoms with Crippen LogP contribution in [0.25, 0.3) is 10.9 Å². The number of ketones is 1. The normalized spacial score (nSPS) is 10.9. The van der Waals surface area contributed by atoms with Crippen LogP contribution in [0.5, 0.6) is 5.75 Å². The second kappa shape index (κ2) is 12.3. The Kier molecular flexibility index (Phi) is 8.71. The molecule has 0 aliphatic rings. The van der Waals surface area contributed by atoms with Gasteiger partial charge in [-0.25, -0.2) is 4.98 Å². The quantitative estimate of drug-likeness (QED) is 0.140. The van der Waals surface area contributed by atoms with E-state index < -0.39 is 0 Å². The smallest absolute Gasteiger partial charge is 0.262 e. The number of aromatic nitrogens is 2. The number of hydrogen-bond donors (Lipinski definition) is 1. The van der Waals surface area contributed by atoms with Gasteiger partial charge in [-0.1, -0.05) is 42.1 Å². The molecular weight excluding hydrogens is 490 g/mol. The van der Waals surface area contributed by atoms with E-state index in [9.17, 15) is 14.4 Å². The van der Waals surface area contributed by atoms with Crippen molar-refractivity contribution in [3.05, 3.63) is 99.8 Å². The van der Waals surface area contributed by atoms with E-state index in [1.54, 1.807) is 61.3 Å². The third-order valence-electron chi connectivity index (χ3n) is 5.70. The second-order valence-corrected chi connectivity index (χ2v) is 9.13. The molecule has 190 valence electrons. The first-order valence-corrected chi connectivity index (χ1v) is 12.6. The molecule has 0 spiro atoms. The fraction of sp³-hybridized carbons (Fsp3) is 0.214. The van der Waals surface area contributed by atoms with E-state index in [4.69, 9.17) is 14.5 Å². The maximum absolute atomic E-state index is 13.5. The van der Waals surface area contributed by atoms with Gasteiger partial charge in [0.1, 0.15) is 5.75 Å². The molecule has 37 heavy (non-hydrogen) atoms. The number of ether oxygens (including phenoxy) is 2. The molecule has 0 saturated heterocycles. The zero-order valence-corrected chi connectivity index (χ0v) is 21.4. The van der Waals surface area contributed by atoms with Crippen molar-refractivity contribution >= 4 is 34.4 Å². The summed E-state index contributed by atoms with van der Waals surface area (Å²) in [5.41, 5.74) is 2.03. The molecule has 0 bridgehead atoms. The molecule has 4 rings (SSSR count). The number of Topliss-reactive ketones (excluding diaryl/α,β-unsaturated/α-hetero) is 1. The molecule has 0 aliphatic heterocycles. The van der Waals surface area contributed by atoms with Gasteiger partial charge in [-0.05, 0) is 48.0 Å². The van der Waals surface area contributed by atoms with Crippen LogP contribution in [-0.4, -0.2) is 54.4 Å². The zero-order valence-electron chi connectivity index (χ0n) is 20.6. The number of carbonyl (C=O) groups excluding carboxylic acids is 2. The number of nitrogens with zero attached hydrogens (tertiary/aromatic N) is 2. The fourth-order valence-corrected chi connectivity index (χ4v) is 4.61. The molecule has 0 atom stereocenters. The van der Waals surface area contributed by atoms with E-state index in [0.29, 0.717) is 52.6 Å². The van der Waals surface area contributed by atoms with Crippen molar-refractivity contribution in [1.82, 2.24) is 14.9 Å². The average Bonchev–Trinajstić information content (AvgIpc) is 2.93. The highest BCUT2D eigenvalue weighted by Gasteiger charge is 2.16. The lowest BCUT2D eigenvalue weighted by Crippen LogP contribution is -2.27. The summed E-state index contributed by atoms with van der Waals surface area (Å²) in [6, 6.07) is 21.3. The van der Waals surface area contributed by atoms with Crippen LogP contribution in [-0.2, 0) is 11.3 Å². The highest BCUT2D eigenvalue weighted by atomic mass is 32.2. The van der Waals surface area contributed by atoms with Crippen LogP contribution >= 0.6 is 11.8 Å². The molecule has 0 radical (unpaired) electrons.